The van der Waals surface area contributed by atoms with Crippen LogP contribution in [0.5, 0.6) is 5.75 Å². The van der Waals surface area contributed by atoms with Crippen molar-refractivity contribution in [1.82, 2.24) is 4.98 Å². The molecule has 0 atom stereocenters. The highest BCUT2D eigenvalue weighted by atomic mass is 35.5. The molecule has 1 aromatic carbocycles. The second-order valence-electron chi connectivity index (χ2n) is 3.73. The van der Waals surface area contributed by atoms with E-state index in [2.05, 4.69) is 4.98 Å². The molecule has 1 aromatic heterocycles. The van der Waals surface area contributed by atoms with E-state index in [-0.39, 0.29) is 5.75 Å². The maximum atomic E-state index is 9.36. The van der Waals surface area contributed by atoms with E-state index in [1.165, 1.54) is 0 Å². The van der Waals surface area contributed by atoms with Crippen LogP contribution in [0.2, 0.25) is 5.02 Å². The molecule has 86 valence electrons. The Kier molecular flexibility index (Phi) is 3.45. The standard InChI is InChI=1S/C14H12ClNO/c1-10-14(17)8-7-13(16-10)6-5-11-3-2-4-12(15)9-11/h2-9,17H,1H3. The lowest BCUT2D eigenvalue weighted by Gasteiger charge is -1.99. The van der Waals surface area contributed by atoms with Gasteiger partial charge in [-0.15, -0.1) is 0 Å². The second kappa shape index (κ2) is 5.02. The highest BCUT2D eigenvalue weighted by Crippen LogP contribution is 2.16. The topological polar surface area (TPSA) is 33.1 Å². The van der Waals surface area contributed by atoms with Crippen LogP contribution in [0.1, 0.15) is 17.0 Å². The van der Waals surface area contributed by atoms with Crippen molar-refractivity contribution in [2.45, 2.75) is 6.92 Å². The molecule has 0 aliphatic heterocycles. The summed E-state index contributed by atoms with van der Waals surface area (Å²) in [6, 6.07) is 11.0. The monoisotopic (exact) mass is 245 g/mol. The Morgan fingerprint density at radius 2 is 2.00 bits per heavy atom. The third-order valence-electron chi connectivity index (χ3n) is 2.37. The quantitative estimate of drug-likeness (QED) is 0.870. The molecule has 1 heterocycles. The Morgan fingerprint density at radius 3 is 2.71 bits per heavy atom. The number of aryl methyl sites for hydroxylation is 1. The van der Waals surface area contributed by atoms with E-state index in [0.29, 0.717) is 10.7 Å². The Labute approximate surface area is 105 Å². The minimum atomic E-state index is 0.213. The fourth-order valence-corrected chi connectivity index (χ4v) is 1.66. The number of hydrogen-bond acceptors (Lipinski definition) is 2. The Hall–Kier alpha value is -1.80. The van der Waals surface area contributed by atoms with Gasteiger partial charge < -0.3 is 5.11 Å². The Morgan fingerprint density at radius 1 is 1.18 bits per heavy atom. The minimum Gasteiger partial charge on any atom is -0.506 e. The van der Waals surface area contributed by atoms with Gasteiger partial charge >= 0.3 is 0 Å². The van der Waals surface area contributed by atoms with Gasteiger partial charge in [0.1, 0.15) is 5.75 Å². The summed E-state index contributed by atoms with van der Waals surface area (Å²) in [6.07, 6.45) is 3.82. The van der Waals surface area contributed by atoms with Gasteiger partial charge in [0.05, 0.1) is 11.4 Å². The molecule has 0 saturated carbocycles. The van der Waals surface area contributed by atoms with Crippen LogP contribution in [-0.2, 0) is 0 Å². The van der Waals surface area contributed by atoms with E-state index in [4.69, 9.17) is 11.6 Å². The molecule has 1 N–H and O–H groups in total. The van der Waals surface area contributed by atoms with Crippen molar-refractivity contribution < 1.29 is 5.11 Å². The van der Waals surface area contributed by atoms with Crippen molar-refractivity contribution in [3.8, 4) is 5.75 Å². The smallest absolute Gasteiger partial charge is 0.136 e. The highest BCUT2D eigenvalue weighted by molar-refractivity contribution is 6.30. The van der Waals surface area contributed by atoms with Crippen molar-refractivity contribution >= 4 is 23.8 Å². The van der Waals surface area contributed by atoms with Crippen molar-refractivity contribution in [1.29, 1.82) is 0 Å². The van der Waals surface area contributed by atoms with E-state index < -0.39 is 0 Å². The van der Waals surface area contributed by atoms with Crippen LogP contribution < -0.4 is 0 Å². The number of pyridine rings is 1. The molecule has 0 saturated heterocycles. The van der Waals surface area contributed by atoms with Crippen LogP contribution in [0.3, 0.4) is 0 Å². The SMILES string of the molecule is Cc1nc(C=Cc2cccc(Cl)c2)ccc1O. The lowest BCUT2D eigenvalue weighted by molar-refractivity contribution is 0.467. The predicted octanol–water partition coefficient (Wildman–Crippen LogP) is 3.92. The molecule has 2 rings (SSSR count). The molecule has 0 fully saturated rings. The molecular formula is C14H12ClNO. The van der Waals surface area contributed by atoms with Crippen LogP contribution in [-0.4, -0.2) is 10.1 Å². The molecule has 2 nitrogen and oxygen atoms in total. The van der Waals surface area contributed by atoms with Crippen LogP contribution in [0, 0.1) is 6.92 Å². The third-order valence-corrected chi connectivity index (χ3v) is 2.61. The zero-order chi connectivity index (χ0) is 12.3. The molecule has 0 amide bonds. The fraction of sp³-hybridized carbons (Fsp3) is 0.0714. The summed E-state index contributed by atoms with van der Waals surface area (Å²) < 4.78 is 0. The van der Waals surface area contributed by atoms with Gasteiger partial charge in [-0.05, 0) is 42.8 Å². The number of aromatic hydroxyl groups is 1. The number of nitrogens with zero attached hydrogens (tertiary/aromatic N) is 1. The van der Waals surface area contributed by atoms with Crippen LogP contribution >= 0.6 is 11.6 Å². The lowest BCUT2D eigenvalue weighted by Crippen LogP contribution is -1.85. The first-order valence-corrected chi connectivity index (χ1v) is 5.63. The number of hydrogen-bond donors (Lipinski definition) is 1. The van der Waals surface area contributed by atoms with E-state index in [1.54, 1.807) is 19.1 Å². The van der Waals surface area contributed by atoms with Gasteiger partial charge in [0.25, 0.3) is 0 Å². The maximum Gasteiger partial charge on any atom is 0.136 e. The Balaban J connectivity index is 2.23. The van der Waals surface area contributed by atoms with E-state index in [0.717, 1.165) is 11.3 Å². The largest absolute Gasteiger partial charge is 0.506 e. The Bertz CT molecular complexity index is 564. The van der Waals surface area contributed by atoms with E-state index >= 15 is 0 Å². The highest BCUT2D eigenvalue weighted by Gasteiger charge is 1.96. The predicted molar refractivity (Wildman–Crippen MR) is 71.0 cm³/mol. The first kappa shape index (κ1) is 11.7. The summed E-state index contributed by atoms with van der Waals surface area (Å²) in [5.41, 5.74) is 2.45. The van der Waals surface area contributed by atoms with Crippen molar-refractivity contribution in [2.75, 3.05) is 0 Å². The van der Waals surface area contributed by atoms with Crippen molar-refractivity contribution in [2.24, 2.45) is 0 Å². The molecular weight excluding hydrogens is 234 g/mol. The molecule has 0 radical (unpaired) electrons. The number of aromatic nitrogens is 1. The summed E-state index contributed by atoms with van der Waals surface area (Å²) in [4.78, 5) is 4.24. The zero-order valence-corrected chi connectivity index (χ0v) is 10.1. The van der Waals surface area contributed by atoms with Crippen molar-refractivity contribution in [3.63, 3.8) is 0 Å². The van der Waals surface area contributed by atoms with E-state index in [1.807, 2.05) is 36.4 Å². The van der Waals surface area contributed by atoms with Gasteiger partial charge in [0, 0.05) is 5.02 Å². The van der Waals surface area contributed by atoms with Crippen LogP contribution in [0.15, 0.2) is 36.4 Å². The van der Waals surface area contributed by atoms with Gasteiger partial charge in [0.2, 0.25) is 0 Å². The zero-order valence-electron chi connectivity index (χ0n) is 9.39. The lowest BCUT2D eigenvalue weighted by atomic mass is 10.2. The number of benzene rings is 1. The van der Waals surface area contributed by atoms with Crippen LogP contribution in [0.4, 0.5) is 0 Å². The molecule has 3 heteroatoms. The van der Waals surface area contributed by atoms with Gasteiger partial charge in [-0.1, -0.05) is 29.8 Å². The maximum absolute atomic E-state index is 9.36. The summed E-state index contributed by atoms with van der Waals surface area (Å²) in [7, 11) is 0. The van der Waals surface area contributed by atoms with Gasteiger partial charge in [-0.25, -0.2) is 4.98 Å². The summed E-state index contributed by atoms with van der Waals surface area (Å²) >= 11 is 5.89. The fourth-order valence-electron chi connectivity index (χ4n) is 1.46. The first-order chi connectivity index (χ1) is 8.15. The van der Waals surface area contributed by atoms with Gasteiger partial charge in [0.15, 0.2) is 0 Å². The average molecular weight is 246 g/mol. The molecule has 0 aliphatic carbocycles. The summed E-state index contributed by atoms with van der Waals surface area (Å²) in [5, 5.41) is 10.1. The number of rotatable bonds is 2. The minimum absolute atomic E-state index is 0.213. The van der Waals surface area contributed by atoms with Gasteiger partial charge in [-0.3, -0.25) is 0 Å². The van der Waals surface area contributed by atoms with Gasteiger partial charge in [-0.2, -0.15) is 0 Å². The molecule has 0 bridgehead atoms. The average Bonchev–Trinajstić information content (AvgIpc) is 2.31. The summed E-state index contributed by atoms with van der Waals surface area (Å²) in [5.74, 6) is 0.213. The molecule has 2 aromatic rings. The molecule has 0 spiro atoms. The van der Waals surface area contributed by atoms with E-state index in [9.17, 15) is 5.11 Å². The normalized spacial score (nSPS) is 10.9. The second-order valence-corrected chi connectivity index (χ2v) is 4.17. The molecule has 17 heavy (non-hydrogen) atoms. The molecule has 0 unspecified atom stereocenters. The first-order valence-electron chi connectivity index (χ1n) is 5.25. The third kappa shape index (κ3) is 3.08. The van der Waals surface area contributed by atoms with Crippen LogP contribution in [0.25, 0.3) is 12.2 Å². The number of halogens is 1. The molecule has 0 aliphatic rings. The summed E-state index contributed by atoms with van der Waals surface area (Å²) in [6.45, 7) is 1.77. The van der Waals surface area contributed by atoms with Crippen molar-refractivity contribution in [3.05, 3.63) is 58.4 Å².